The third kappa shape index (κ3) is 4.22. The Kier molecular flexibility index (Phi) is 5.79. The van der Waals surface area contributed by atoms with Crippen LogP contribution in [-0.4, -0.2) is 43.9 Å². The average molecular weight is 399 g/mol. The maximum Gasteiger partial charge on any atom is 0.255 e. The van der Waals surface area contributed by atoms with Gasteiger partial charge in [0.1, 0.15) is 6.07 Å². The van der Waals surface area contributed by atoms with Gasteiger partial charge in [-0.2, -0.15) is 9.57 Å². The minimum atomic E-state index is -3.66. The number of hydrogen-bond donors (Lipinski definition) is 1. The van der Waals surface area contributed by atoms with E-state index in [1.165, 1.54) is 28.6 Å². The van der Waals surface area contributed by atoms with Crippen molar-refractivity contribution in [2.45, 2.75) is 31.0 Å². The van der Waals surface area contributed by atoms with E-state index in [2.05, 4.69) is 5.32 Å². The lowest BCUT2D eigenvalue weighted by atomic mass is 10.1. The summed E-state index contributed by atoms with van der Waals surface area (Å²) in [5.41, 5.74) is 1.06. The Morgan fingerprint density at radius 3 is 2.32 bits per heavy atom. The number of nitriles is 1. The van der Waals surface area contributed by atoms with Crippen LogP contribution in [0.15, 0.2) is 53.4 Å². The van der Waals surface area contributed by atoms with Gasteiger partial charge in [0.2, 0.25) is 10.0 Å². The molecule has 0 radical (unpaired) electrons. The number of rotatable bonds is 4. The number of carbonyl (C=O) groups excluding carboxylic acids is 1. The normalized spacial score (nSPS) is 20.3. The fourth-order valence-electron chi connectivity index (χ4n) is 3.14. The van der Waals surface area contributed by atoms with Crippen molar-refractivity contribution in [3.8, 4) is 6.07 Å². The Balaban J connectivity index is 1.77. The fraction of sp³-hybridized carbons (Fsp3) is 0.300. The van der Waals surface area contributed by atoms with Crippen LogP contribution in [0, 0.1) is 11.3 Å². The third-order valence-electron chi connectivity index (χ3n) is 4.44. The lowest BCUT2D eigenvalue weighted by molar-refractivity contribution is -0.0440. The summed E-state index contributed by atoms with van der Waals surface area (Å²) < 4.78 is 32.7. The highest BCUT2D eigenvalue weighted by molar-refractivity contribution is 7.89. The van der Waals surface area contributed by atoms with Crippen LogP contribution in [0.3, 0.4) is 0 Å². The Hall–Kier alpha value is -2.73. The van der Waals surface area contributed by atoms with Gasteiger partial charge in [-0.25, -0.2) is 8.42 Å². The first-order chi connectivity index (χ1) is 13.3. The zero-order valence-corrected chi connectivity index (χ0v) is 16.4. The van der Waals surface area contributed by atoms with Gasteiger partial charge in [-0.05, 0) is 50.2 Å². The summed E-state index contributed by atoms with van der Waals surface area (Å²) in [6.45, 7) is 4.26. The maximum atomic E-state index is 12.9. The average Bonchev–Trinajstić information content (AvgIpc) is 2.67. The van der Waals surface area contributed by atoms with Crippen molar-refractivity contribution >= 4 is 21.6 Å². The summed E-state index contributed by atoms with van der Waals surface area (Å²) in [5.74, 6) is -0.416. The Morgan fingerprint density at radius 1 is 1.11 bits per heavy atom. The van der Waals surface area contributed by atoms with Crippen LogP contribution >= 0.6 is 0 Å². The SMILES string of the molecule is C[C@@H]1CN(S(=O)(=O)c2ccc(C(=O)Nc3ccccc3C#N)cc2)C[C@H](C)O1. The van der Waals surface area contributed by atoms with Crippen LogP contribution in [0.25, 0.3) is 0 Å². The molecule has 1 fully saturated rings. The summed E-state index contributed by atoms with van der Waals surface area (Å²) in [6.07, 6.45) is -0.354. The van der Waals surface area contributed by atoms with E-state index in [4.69, 9.17) is 10.00 Å². The number of amides is 1. The molecule has 0 aliphatic carbocycles. The predicted molar refractivity (Wildman–Crippen MR) is 104 cm³/mol. The molecular weight excluding hydrogens is 378 g/mol. The number of benzene rings is 2. The van der Waals surface area contributed by atoms with Gasteiger partial charge in [0.05, 0.1) is 28.4 Å². The van der Waals surface area contributed by atoms with E-state index >= 15 is 0 Å². The molecule has 0 spiro atoms. The Morgan fingerprint density at radius 2 is 1.71 bits per heavy atom. The quantitative estimate of drug-likeness (QED) is 0.852. The molecule has 3 rings (SSSR count). The first kappa shape index (κ1) is 20.0. The number of carbonyl (C=O) groups is 1. The van der Waals surface area contributed by atoms with Crippen molar-refractivity contribution in [3.05, 3.63) is 59.7 Å². The molecule has 0 bridgehead atoms. The zero-order valence-electron chi connectivity index (χ0n) is 15.6. The minimum absolute atomic E-state index is 0.128. The molecule has 2 aromatic carbocycles. The molecule has 1 saturated heterocycles. The molecule has 7 nitrogen and oxygen atoms in total. The zero-order chi connectivity index (χ0) is 20.3. The first-order valence-corrected chi connectivity index (χ1v) is 10.3. The molecule has 1 N–H and O–H groups in total. The monoisotopic (exact) mass is 399 g/mol. The van der Waals surface area contributed by atoms with E-state index < -0.39 is 15.9 Å². The number of para-hydroxylation sites is 1. The molecule has 0 unspecified atom stereocenters. The van der Waals surface area contributed by atoms with E-state index in [9.17, 15) is 13.2 Å². The van der Waals surface area contributed by atoms with E-state index in [-0.39, 0.29) is 17.1 Å². The smallest absolute Gasteiger partial charge is 0.255 e. The third-order valence-corrected chi connectivity index (χ3v) is 6.28. The van der Waals surface area contributed by atoms with Gasteiger partial charge in [-0.1, -0.05) is 12.1 Å². The molecule has 1 heterocycles. The number of morpholine rings is 1. The van der Waals surface area contributed by atoms with Gasteiger partial charge in [-0.3, -0.25) is 4.79 Å². The fourth-order valence-corrected chi connectivity index (χ4v) is 4.73. The summed E-state index contributed by atoms with van der Waals surface area (Å²) in [5, 5.41) is 11.8. The number of ether oxygens (including phenoxy) is 1. The molecule has 28 heavy (non-hydrogen) atoms. The molecule has 0 aromatic heterocycles. The standard InChI is InChI=1S/C20H21N3O4S/c1-14-12-23(13-15(2)27-14)28(25,26)18-9-7-16(8-10-18)20(24)22-19-6-4-3-5-17(19)11-21/h3-10,14-15H,12-13H2,1-2H3,(H,22,24)/t14-,15+. The molecule has 1 aliphatic rings. The molecule has 146 valence electrons. The molecule has 8 heteroatoms. The first-order valence-electron chi connectivity index (χ1n) is 8.87. The topological polar surface area (TPSA) is 99.5 Å². The van der Waals surface area contributed by atoms with Crippen LogP contribution in [-0.2, 0) is 14.8 Å². The van der Waals surface area contributed by atoms with Crippen molar-refractivity contribution in [3.63, 3.8) is 0 Å². The van der Waals surface area contributed by atoms with Crippen LogP contribution in [0.5, 0.6) is 0 Å². The molecule has 1 aliphatic heterocycles. The summed E-state index contributed by atoms with van der Waals surface area (Å²) in [7, 11) is -3.66. The minimum Gasteiger partial charge on any atom is -0.373 e. The van der Waals surface area contributed by atoms with Crippen LogP contribution in [0.2, 0.25) is 0 Å². The maximum absolute atomic E-state index is 12.9. The van der Waals surface area contributed by atoms with Crippen LogP contribution < -0.4 is 5.32 Å². The van der Waals surface area contributed by atoms with Crippen molar-refractivity contribution in [1.29, 1.82) is 5.26 Å². The van der Waals surface area contributed by atoms with Crippen LogP contribution in [0.1, 0.15) is 29.8 Å². The van der Waals surface area contributed by atoms with Gasteiger partial charge in [0, 0.05) is 18.7 Å². The van der Waals surface area contributed by atoms with E-state index in [0.717, 1.165) is 0 Å². The van der Waals surface area contributed by atoms with Gasteiger partial charge < -0.3 is 10.1 Å². The van der Waals surface area contributed by atoms with Gasteiger partial charge >= 0.3 is 0 Å². The molecule has 0 saturated carbocycles. The highest BCUT2D eigenvalue weighted by Gasteiger charge is 2.32. The predicted octanol–water partition coefficient (Wildman–Crippen LogP) is 2.61. The lowest BCUT2D eigenvalue weighted by Crippen LogP contribution is -2.48. The highest BCUT2D eigenvalue weighted by Crippen LogP contribution is 2.22. The van der Waals surface area contributed by atoms with Crippen molar-refractivity contribution in [2.24, 2.45) is 0 Å². The van der Waals surface area contributed by atoms with Gasteiger partial charge in [0.15, 0.2) is 0 Å². The van der Waals surface area contributed by atoms with Crippen molar-refractivity contribution in [1.82, 2.24) is 4.31 Å². The molecule has 1 amide bonds. The number of nitrogens with one attached hydrogen (secondary N) is 1. The van der Waals surface area contributed by atoms with Crippen molar-refractivity contribution < 1.29 is 17.9 Å². The summed E-state index contributed by atoms with van der Waals surface area (Å²) in [4.78, 5) is 12.6. The lowest BCUT2D eigenvalue weighted by Gasteiger charge is -2.34. The number of sulfonamides is 1. The van der Waals surface area contributed by atoms with Crippen molar-refractivity contribution in [2.75, 3.05) is 18.4 Å². The van der Waals surface area contributed by atoms with E-state index in [0.29, 0.717) is 29.9 Å². The number of nitrogens with zero attached hydrogens (tertiary/aromatic N) is 2. The second-order valence-electron chi connectivity index (χ2n) is 6.72. The molecular formula is C20H21N3O4S. The molecule has 2 atom stereocenters. The highest BCUT2D eigenvalue weighted by atomic mass is 32.2. The second kappa shape index (κ2) is 8.10. The summed E-state index contributed by atoms with van der Waals surface area (Å²) >= 11 is 0. The van der Waals surface area contributed by atoms with E-state index in [1.807, 2.05) is 19.9 Å². The number of anilines is 1. The Labute approximate surface area is 164 Å². The molecule has 2 aromatic rings. The second-order valence-corrected chi connectivity index (χ2v) is 8.65. The van der Waals surface area contributed by atoms with Gasteiger partial charge in [-0.15, -0.1) is 0 Å². The van der Waals surface area contributed by atoms with Gasteiger partial charge in [0.25, 0.3) is 5.91 Å². The Bertz CT molecular complexity index is 1000. The largest absolute Gasteiger partial charge is 0.373 e. The number of hydrogen-bond acceptors (Lipinski definition) is 5. The van der Waals surface area contributed by atoms with Crippen LogP contribution in [0.4, 0.5) is 5.69 Å². The van der Waals surface area contributed by atoms with E-state index in [1.54, 1.807) is 24.3 Å². The summed E-state index contributed by atoms with van der Waals surface area (Å²) in [6, 6.07) is 14.5.